The van der Waals surface area contributed by atoms with Gasteiger partial charge in [-0.25, -0.2) is 4.79 Å². The third-order valence-electron chi connectivity index (χ3n) is 2.68. The van der Waals surface area contributed by atoms with Crippen molar-refractivity contribution >= 4 is 12.0 Å². The number of carboxylic acid groups (broad SMARTS) is 1. The van der Waals surface area contributed by atoms with E-state index in [1.54, 1.807) is 26.8 Å². The van der Waals surface area contributed by atoms with Crippen LogP contribution in [0.25, 0.3) is 0 Å². The molecule has 0 aliphatic heterocycles. The zero-order valence-corrected chi connectivity index (χ0v) is 11.3. The Morgan fingerprint density at radius 2 is 2.26 bits per heavy atom. The van der Waals surface area contributed by atoms with Crippen LogP contribution in [0.15, 0.2) is 10.6 Å². The van der Waals surface area contributed by atoms with Crippen LogP contribution in [0.3, 0.4) is 0 Å². The summed E-state index contributed by atoms with van der Waals surface area (Å²) in [4.78, 5) is 24.1. The van der Waals surface area contributed by atoms with Gasteiger partial charge in [0, 0.05) is 19.2 Å². The van der Waals surface area contributed by atoms with Gasteiger partial charge in [-0.3, -0.25) is 4.79 Å². The van der Waals surface area contributed by atoms with Crippen molar-refractivity contribution in [1.82, 2.24) is 15.4 Å². The minimum absolute atomic E-state index is 0.174. The molecule has 0 fully saturated rings. The Labute approximate surface area is 111 Å². The number of carbonyl (C=O) groups is 2. The molecule has 0 aliphatic carbocycles. The van der Waals surface area contributed by atoms with Gasteiger partial charge in [0.05, 0.1) is 18.2 Å². The largest absolute Gasteiger partial charge is 0.481 e. The number of nitrogens with one attached hydrogen (secondary N) is 1. The van der Waals surface area contributed by atoms with Crippen LogP contribution in [0.4, 0.5) is 4.79 Å². The van der Waals surface area contributed by atoms with Crippen molar-refractivity contribution in [3.63, 3.8) is 0 Å². The normalized spacial score (nSPS) is 11.9. The van der Waals surface area contributed by atoms with Gasteiger partial charge in [-0.15, -0.1) is 0 Å². The lowest BCUT2D eigenvalue weighted by molar-refractivity contribution is -0.141. The minimum atomic E-state index is -0.919. The fourth-order valence-electron chi connectivity index (χ4n) is 1.54. The second kappa shape index (κ2) is 6.77. The van der Waals surface area contributed by atoms with Crippen LogP contribution >= 0.6 is 0 Å². The molecular weight excluding hydrogens is 250 g/mol. The van der Waals surface area contributed by atoms with Crippen molar-refractivity contribution in [3.8, 4) is 0 Å². The van der Waals surface area contributed by atoms with E-state index >= 15 is 0 Å². The topological polar surface area (TPSA) is 95.7 Å². The molecule has 0 aliphatic rings. The van der Waals surface area contributed by atoms with Gasteiger partial charge < -0.3 is 19.8 Å². The van der Waals surface area contributed by atoms with Crippen molar-refractivity contribution in [2.45, 2.75) is 27.3 Å². The minimum Gasteiger partial charge on any atom is -0.481 e. The number of urea groups is 1. The zero-order chi connectivity index (χ0) is 14.4. The first-order valence-corrected chi connectivity index (χ1v) is 6.11. The summed E-state index contributed by atoms with van der Waals surface area (Å²) in [7, 11) is 0. The van der Waals surface area contributed by atoms with Crippen molar-refractivity contribution in [3.05, 3.63) is 17.5 Å². The SMILES string of the molecule is CCN(CC(C)C(=O)O)C(=O)NCc1cc(C)no1. The Morgan fingerprint density at radius 1 is 1.58 bits per heavy atom. The fourth-order valence-corrected chi connectivity index (χ4v) is 1.54. The van der Waals surface area contributed by atoms with E-state index in [0.717, 1.165) is 5.69 Å². The second-order valence-corrected chi connectivity index (χ2v) is 4.37. The van der Waals surface area contributed by atoms with E-state index in [0.29, 0.717) is 12.3 Å². The first-order valence-electron chi connectivity index (χ1n) is 6.11. The highest BCUT2D eigenvalue weighted by molar-refractivity contribution is 5.75. The summed E-state index contributed by atoms with van der Waals surface area (Å²) in [6.45, 7) is 6.01. The van der Waals surface area contributed by atoms with Crippen molar-refractivity contribution in [1.29, 1.82) is 0 Å². The van der Waals surface area contributed by atoms with Crippen LogP contribution in [0.5, 0.6) is 0 Å². The molecule has 0 saturated carbocycles. The van der Waals surface area contributed by atoms with Gasteiger partial charge in [-0.05, 0) is 13.8 Å². The van der Waals surface area contributed by atoms with Crippen molar-refractivity contribution < 1.29 is 19.2 Å². The third-order valence-corrected chi connectivity index (χ3v) is 2.68. The molecule has 7 heteroatoms. The molecule has 19 heavy (non-hydrogen) atoms. The molecule has 106 valence electrons. The molecule has 0 bridgehead atoms. The number of aliphatic carboxylic acids is 1. The summed E-state index contributed by atoms with van der Waals surface area (Å²) >= 11 is 0. The van der Waals surface area contributed by atoms with Gasteiger partial charge in [0.15, 0.2) is 5.76 Å². The molecule has 0 aromatic carbocycles. The van der Waals surface area contributed by atoms with Crippen LogP contribution in [-0.2, 0) is 11.3 Å². The standard InChI is InChI=1S/C12H19N3O4/c1-4-15(7-8(2)11(16)17)12(18)13-6-10-5-9(3)14-19-10/h5,8H,4,6-7H2,1-3H3,(H,13,18)(H,16,17). The summed E-state index contributed by atoms with van der Waals surface area (Å²) in [5.41, 5.74) is 0.746. The first kappa shape index (κ1) is 15.0. The number of aromatic nitrogens is 1. The van der Waals surface area contributed by atoms with E-state index in [9.17, 15) is 9.59 Å². The number of carboxylic acids is 1. The molecule has 1 aromatic rings. The Morgan fingerprint density at radius 3 is 2.74 bits per heavy atom. The van der Waals surface area contributed by atoms with Crippen LogP contribution in [0.2, 0.25) is 0 Å². The number of rotatable bonds is 6. The van der Waals surface area contributed by atoms with Gasteiger partial charge in [0.25, 0.3) is 0 Å². The summed E-state index contributed by atoms with van der Waals surface area (Å²) in [6.07, 6.45) is 0. The summed E-state index contributed by atoms with van der Waals surface area (Å²) in [6, 6.07) is 1.42. The van der Waals surface area contributed by atoms with Gasteiger partial charge >= 0.3 is 12.0 Å². The van der Waals surface area contributed by atoms with Gasteiger partial charge in [-0.2, -0.15) is 0 Å². The summed E-state index contributed by atoms with van der Waals surface area (Å²) in [5, 5.41) is 15.2. The Hall–Kier alpha value is -2.05. The predicted molar refractivity (Wildman–Crippen MR) is 67.5 cm³/mol. The number of amides is 2. The molecule has 2 amide bonds. The zero-order valence-electron chi connectivity index (χ0n) is 11.3. The van der Waals surface area contributed by atoms with E-state index in [-0.39, 0.29) is 19.1 Å². The molecule has 1 rings (SSSR count). The maximum absolute atomic E-state index is 11.9. The first-order chi connectivity index (χ1) is 8.93. The molecule has 0 saturated heterocycles. The highest BCUT2D eigenvalue weighted by Gasteiger charge is 2.19. The molecule has 7 nitrogen and oxygen atoms in total. The molecule has 1 heterocycles. The fraction of sp³-hybridized carbons (Fsp3) is 0.583. The van der Waals surface area contributed by atoms with E-state index in [4.69, 9.17) is 9.63 Å². The number of hydrogen-bond acceptors (Lipinski definition) is 4. The van der Waals surface area contributed by atoms with E-state index < -0.39 is 11.9 Å². The summed E-state index contributed by atoms with van der Waals surface area (Å²) < 4.78 is 4.97. The average molecular weight is 269 g/mol. The van der Waals surface area contributed by atoms with Crippen LogP contribution < -0.4 is 5.32 Å². The maximum atomic E-state index is 11.9. The Balaban J connectivity index is 2.47. The van der Waals surface area contributed by atoms with Gasteiger partial charge in [0.2, 0.25) is 0 Å². The monoisotopic (exact) mass is 269 g/mol. The summed E-state index contributed by atoms with van der Waals surface area (Å²) in [5.74, 6) is -0.955. The van der Waals surface area contributed by atoms with Crippen LogP contribution in [-0.4, -0.2) is 40.3 Å². The van der Waals surface area contributed by atoms with Crippen LogP contribution in [0, 0.1) is 12.8 Å². The maximum Gasteiger partial charge on any atom is 0.317 e. The predicted octanol–water partition coefficient (Wildman–Crippen LogP) is 1.24. The van der Waals surface area contributed by atoms with E-state index in [1.807, 2.05) is 0 Å². The second-order valence-electron chi connectivity index (χ2n) is 4.37. The van der Waals surface area contributed by atoms with Crippen LogP contribution in [0.1, 0.15) is 25.3 Å². The average Bonchev–Trinajstić information content (AvgIpc) is 2.78. The highest BCUT2D eigenvalue weighted by Crippen LogP contribution is 2.03. The molecule has 2 N–H and O–H groups in total. The highest BCUT2D eigenvalue weighted by atomic mass is 16.5. The number of aryl methyl sites for hydroxylation is 1. The van der Waals surface area contributed by atoms with E-state index in [2.05, 4.69) is 10.5 Å². The molecule has 0 spiro atoms. The smallest absolute Gasteiger partial charge is 0.317 e. The lowest BCUT2D eigenvalue weighted by Gasteiger charge is -2.22. The molecule has 1 unspecified atom stereocenters. The number of carbonyl (C=O) groups excluding carboxylic acids is 1. The van der Waals surface area contributed by atoms with Gasteiger partial charge in [0.1, 0.15) is 0 Å². The van der Waals surface area contributed by atoms with Crippen molar-refractivity contribution in [2.24, 2.45) is 5.92 Å². The molecule has 0 radical (unpaired) electrons. The molecular formula is C12H19N3O4. The lowest BCUT2D eigenvalue weighted by atomic mass is 10.2. The quantitative estimate of drug-likeness (QED) is 0.810. The Kier molecular flexibility index (Phi) is 5.35. The number of nitrogens with zero attached hydrogens (tertiary/aromatic N) is 2. The number of hydrogen-bond donors (Lipinski definition) is 2. The third kappa shape index (κ3) is 4.61. The molecule has 1 atom stereocenters. The molecule has 1 aromatic heterocycles. The van der Waals surface area contributed by atoms with E-state index in [1.165, 1.54) is 4.90 Å². The lowest BCUT2D eigenvalue weighted by Crippen LogP contribution is -2.42. The Bertz CT molecular complexity index is 444. The van der Waals surface area contributed by atoms with Gasteiger partial charge in [-0.1, -0.05) is 12.1 Å². The van der Waals surface area contributed by atoms with Crippen molar-refractivity contribution in [2.75, 3.05) is 13.1 Å².